The lowest BCUT2D eigenvalue weighted by Crippen LogP contribution is -2.44. The molecule has 1 aliphatic rings. The summed E-state index contributed by atoms with van der Waals surface area (Å²) in [7, 11) is 0. The predicted octanol–water partition coefficient (Wildman–Crippen LogP) is 6.56. The van der Waals surface area contributed by atoms with Gasteiger partial charge in [-0.25, -0.2) is 0 Å². The highest BCUT2D eigenvalue weighted by Crippen LogP contribution is 2.48. The summed E-state index contributed by atoms with van der Waals surface area (Å²) >= 11 is 0. The van der Waals surface area contributed by atoms with E-state index in [-0.39, 0.29) is 11.9 Å². The van der Waals surface area contributed by atoms with Gasteiger partial charge in [0.1, 0.15) is 5.52 Å². The molecule has 0 N–H and O–H groups in total. The number of amides is 1. The lowest BCUT2D eigenvalue weighted by atomic mass is 9.91. The Bertz CT molecular complexity index is 1450. The van der Waals surface area contributed by atoms with Gasteiger partial charge in [0, 0.05) is 28.3 Å². The summed E-state index contributed by atoms with van der Waals surface area (Å²) in [5.74, 6) is 0.632. The first-order valence-electron chi connectivity index (χ1n) is 11.3. The quantitative estimate of drug-likeness (QED) is 0.318. The first kappa shape index (κ1) is 20.2. The number of hydrogen-bond acceptors (Lipinski definition) is 3. The average molecular weight is 443 g/mol. The van der Waals surface area contributed by atoms with E-state index in [0.29, 0.717) is 5.56 Å². The van der Waals surface area contributed by atoms with Crippen LogP contribution in [-0.2, 0) is 0 Å². The molecule has 0 radical (unpaired) electrons. The lowest BCUT2D eigenvalue weighted by Gasteiger charge is -2.43. The standard InChI is InChI=1S/C30H22N2O2/c33-29(23-13-6-2-7-14-23)32-27(22-11-4-1-5-12-22)25-19-18-21-17-10-20-31-26(21)28(25)34-30(32)24-15-8-3-9-16-24/h1-20,27,30H. The molecule has 0 saturated carbocycles. The molecule has 1 aromatic heterocycles. The Balaban J connectivity index is 1.63. The number of carbonyl (C=O) groups excluding carboxylic acids is 1. The van der Waals surface area contributed by atoms with Crippen LogP contribution in [0.15, 0.2) is 121 Å². The number of fused-ring (bicyclic) bond motifs is 3. The van der Waals surface area contributed by atoms with Crippen LogP contribution in [0.25, 0.3) is 10.9 Å². The van der Waals surface area contributed by atoms with Crippen LogP contribution in [-0.4, -0.2) is 15.8 Å². The molecule has 6 rings (SSSR count). The number of benzene rings is 4. The SMILES string of the molecule is O=C(c1ccccc1)N1C(c2ccccc2)Oc2c(ccc3cccnc23)C1c1ccccc1. The van der Waals surface area contributed by atoms with Gasteiger partial charge in [0.25, 0.3) is 5.91 Å². The number of carbonyl (C=O) groups is 1. The van der Waals surface area contributed by atoms with Crippen molar-refractivity contribution in [2.24, 2.45) is 0 Å². The fraction of sp³-hybridized carbons (Fsp3) is 0.0667. The molecule has 2 atom stereocenters. The maximum absolute atomic E-state index is 14.1. The van der Waals surface area contributed by atoms with E-state index in [1.807, 2.05) is 95.9 Å². The minimum absolute atomic E-state index is 0.0879. The van der Waals surface area contributed by atoms with Crippen molar-refractivity contribution in [2.45, 2.75) is 12.3 Å². The molecule has 4 heteroatoms. The second-order valence-electron chi connectivity index (χ2n) is 8.33. The van der Waals surface area contributed by atoms with Crippen LogP contribution in [0, 0.1) is 0 Å². The van der Waals surface area contributed by atoms with Gasteiger partial charge < -0.3 is 4.74 Å². The monoisotopic (exact) mass is 442 g/mol. The highest BCUT2D eigenvalue weighted by molar-refractivity contribution is 5.96. The van der Waals surface area contributed by atoms with Crippen molar-refractivity contribution in [3.63, 3.8) is 0 Å². The van der Waals surface area contributed by atoms with Gasteiger partial charge in [0.05, 0.1) is 6.04 Å². The molecule has 34 heavy (non-hydrogen) atoms. The van der Waals surface area contributed by atoms with E-state index in [9.17, 15) is 4.79 Å². The number of hydrogen-bond donors (Lipinski definition) is 0. The highest BCUT2D eigenvalue weighted by atomic mass is 16.5. The molecular formula is C30H22N2O2. The van der Waals surface area contributed by atoms with Crippen LogP contribution in [0.3, 0.4) is 0 Å². The molecule has 0 spiro atoms. The Kier molecular flexibility index (Phi) is 5.04. The second kappa shape index (κ2) is 8.49. The fourth-order valence-electron chi connectivity index (χ4n) is 4.70. The summed E-state index contributed by atoms with van der Waals surface area (Å²) in [6.07, 6.45) is 1.17. The first-order valence-corrected chi connectivity index (χ1v) is 11.3. The lowest BCUT2D eigenvalue weighted by molar-refractivity contribution is -0.00733. The third kappa shape index (κ3) is 3.41. The molecule has 0 saturated heterocycles. The normalized spacial score (nSPS) is 17.1. The topological polar surface area (TPSA) is 42.4 Å². The van der Waals surface area contributed by atoms with Crippen molar-refractivity contribution in [3.05, 3.63) is 144 Å². The summed E-state index contributed by atoms with van der Waals surface area (Å²) in [5.41, 5.74) is 4.27. The summed E-state index contributed by atoms with van der Waals surface area (Å²) in [6, 6.07) is 37.2. The van der Waals surface area contributed by atoms with Crippen LogP contribution < -0.4 is 4.74 Å². The largest absolute Gasteiger partial charge is 0.463 e. The van der Waals surface area contributed by atoms with E-state index in [1.165, 1.54) is 0 Å². The van der Waals surface area contributed by atoms with Crippen molar-refractivity contribution in [3.8, 4) is 5.75 Å². The number of nitrogens with zero attached hydrogens (tertiary/aromatic N) is 2. The first-order chi connectivity index (χ1) is 16.8. The number of rotatable bonds is 3. The zero-order chi connectivity index (χ0) is 22.9. The van der Waals surface area contributed by atoms with Crippen LogP contribution in [0.2, 0.25) is 0 Å². The minimum Gasteiger partial charge on any atom is -0.463 e. The molecule has 0 aliphatic carbocycles. The molecule has 2 unspecified atom stereocenters. The van der Waals surface area contributed by atoms with Gasteiger partial charge in [-0.05, 0) is 23.8 Å². The van der Waals surface area contributed by atoms with Crippen molar-refractivity contribution in [1.29, 1.82) is 0 Å². The Morgan fingerprint density at radius 1 is 0.706 bits per heavy atom. The molecule has 0 fully saturated rings. The molecule has 1 aliphatic heterocycles. The average Bonchev–Trinajstić information content (AvgIpc) is 2.93. The third-order valence-electron chi connectivity index (χ3n) is 6.27. The Hall–Kier alpha value is -4.44. The van der Waals surface area contributed by atoms with Crippen LogP contribution in [0.5, 0.6) is 5.75 Å². The Morgan fingerprint density at radius 3 is 2.06 bits per heavy atom. The van der Waals surface area contributed by atoms with Gasteiger partial charge in [0.2, 0.25) is 6.23 Å². The summed E-state index contributed by atoms with van der Waals surface area (Å²) in [4.78, 5) is 20.6. The third-order valence-corrected chi connectivity index (χ3v) is 6.27. The van der Waals surface area contributed by atoms with Gasteiger partial charge in [-0.3, -0.25) is 14.7 Å². The van der Waals surface area contributed by atoms with Gasteiger partial charge in [0.15, 0.2) is 5.75 Å². The molecule has 4 nitrogen and oxygen atoms in total. The fourth-order valence-corrected chi connectivity index (χ4v) is 4.70. The number of ether oxygens (including phenoxy) is 1. The van der Waals surface area contributed by atoms with Gasteiger partial charge in [-0.1, -0.05) is 97.1 Å². The predicted molar refractivity (Wildman–Crippen MR) is 132 cm³/mol. The zero-order valence-electron chi connectivity index (χ0n) is 18.4. The molecule has 0 bridgehead atoms. The van der Waals surface area contributed by atoms with Gasteiger partial charge >= 0.3 is 0 Å². The van der Waals surface area contributed by atoms with Crippen molar-refractivity contribution < 1.29 is 9.53 Å². The number of aromatic nitrogens is 1. The maximum atomic E-state index is 14.1. The Morgan fingerprint density at radius 2 is 1.35 bits per heavy atom. The smallest absolute Gasteiger partial charge is 0.257 e. The van der Waals surface area contributed by atoms with E-state index in [4.69, 9.17) is 4.74 Å². The van der Waals surface area contributed by atoms with E-state index < -0.39 is 6.23 Å². The van der Waals surface area contributed by atoms with Gasteiger partial charge in [-0.15, -0.1) is 0 Å². The number of pyridine rings is 1. The van der Waals surface area contributed by atoms with E-state index in [2.05, 4.69) is 29.2 Å². The molecule has 1 amide bonds. The molecule has 164 valence electrons. The van der Waals surface area contributed by atoms with Crippen molar-refractivity contribution in [1.82, 2.24) is 9.88 Å². The van der Waals surface area contributed by atoms with E-state index >= 15 is 0 Å². The maximum Gasteiger partial charge on any atom is 0.257 e. The van der Waals surface area contributed by atoms with Crippen molar-refractivity contribution >= 4 is 16.8 Å². The van der Waals surface area contributed by atoms with E-state index in [0.717, 1.165) is 33.3 Å². The molecule has 5 aromatic rings. The summed E-state index contributed by atoms with van der Waals surface area (Å²) < 4.78 is 6.68. The van der Waals surface area contributed by atoms with Crippen LogP contribution >= 0.6 is 0 Å². The van der Waals surface area contributed by atoms with Crippen LogP contribution in [0.1, 0.15) is 39.3 Å². The second-order valence-corrected chi connectivity index (χ2v) is 8.33. The minimum atomic E-state index is -0.612. The molecular weight excluding hydrogens is 420 g/mol. The van der Waals surface area contributed by atoms with E-state index in [1.54, 1.807) is 6.20 Å². The molecule has 4 aromatic carbocycles. The summed E-state index contributed by atoms with van der Waals surface area (Å²) in [5, 5.41) is 1.00. The van der Waals surface area contributed by atoms with Crippen LogP contribution in [0.4, 0.5) is 0 Å². The van der Waals surface area contributed by atoms with Crippen molar-refractivity contribution in [2.75, 3.05) is 0 Å². The summed E-state index contributed by atoms with van der Waals surface area (Å²) in [6.45, 7) is 0. The highest BCUT2D eigenvalue weighted by Gasteiger charge is 2.41. The Labute approximate surface area is 198 Å². The molecule has 2 heterocycles. The zero-order valence-corrected chi connectivity index (χ0v) is 18.4. The van der Waals surface area contributed by atoms with Gasteiger partial charge in [-0.2, -0.15) is 0 Å².